The summed E-state index contributed by atoms with van der Waals surface area (Å²) in [5.74, 6) is 1.15. The predicted octanol–water partition coefficient (Wildman–Crippen LogP) is 4.47. The molecule has 1 unspecified atom stereocenters. The van der Waals surface area contributed by atoms with Gasteiger partial charge in [0.25, 0.3) is 11.8 Å². The van der Waals surface area contributed by atoms with E-state index in [9.17, 15) is 4.79 Å². The summed E-state index contributed by atoms with van der Waals surface area (Å²) in [4.78, 5) is 15.5. The lowest BCUT2D eigenvalue weighted by molar-refractivity contribution is 0.0698. The molecular weight excluding hydrogens is 358 g/mol. The molecule has 5 nitrogen and oxygen atoms in total. The zero-order chi connectivity index (χ0) is 17.2. The molecule has 128 valence electrons. The van der Waals surface area contributed by atoms with E-state index in [1.165, 1.54) is 0 Å². The number of benzene rings is 1. The average Bonchev–Trinajstić information content (AvgIpc) is 3.33. The summed E-state index contributed by atoms with van der Waals surface area (Å²) in [7, 11) is 0. The Balaban J connectivity index is 1.51. The van der Waals surface area contributed by atoms with Gasteiger partial charge in [-0.3, -0.25) is 4.79 Å². The van der Waals surface area contributed by atoms with Crippen LogP contribution in [0.2, 0.25) is 5.02 Å². The number of hydrogen-bond donors (Lipinski definition) is 0. The van der Waals surface area contributed by atoms with Crippen LogP contribution in [0.3, 0.4) is 0 Å². The van der Waals surface area contributed by atoms with Gasteiger partial charge >= 0.3 is 0 Å². The SMILES string of the molecule is O=C(c1ccccc1Cl)N1CCCC(c2nnc(-c3cccs3)o2)C1. The number of halogens is 1. The van der Waals surface area contributed by atoms with Crippen LogP contribution < -0.4 is 0 Å². The van der Waals surface area contributed by atoms with Gasteiger partial charge in [0.15, 0.2) is 0 Å². The number of hydrogen-bond acceptors (Lipinski definition) is 5. The number of rotatable bonds is 3. The molecule has 1 aromatic carbocycles. The van der Waals surface area contributed by atoms with Crippen LogP contribution in [0.4, 0.5) is 0 Å². The highest BCUT2D eigenvalue weighted by atomic mass is 35.5. The van der Waals surface area contributed by atoms with E-state index in [0.717, 1.165) is 17.7 Å². The van der Waals surface area contributed by atoms with Gasteiger partial charge in [0.05, 0.1) is 21.4 Å². The van der Waals surface area contributed by atoms with Crippen molar-refractivity contribution in [1.29, 1.82) is 0 Å². The first kappa shape index (κ1) is 16.3. The van der Waals surface area contributed by atoms with Crippen molar-refractivity contribution in [3.63, 3.8) is 0 Å². The number of likely N-dealkylation sites (tertiary alicyclic amines) is 1. The van der Waals surface area contributed by atoms with Gasteiger partial charge in [-0.05, 0) is 36.4 Å². The third-order valence-corrected chi connectivity index (χ3v) is 5.52. The summed E-state index contributed by atoms with van der Waals surface area (Å²) >= 11 is 7.73. The number of carbonyl (C=O) groups excluding carboxylic acids is 1. The van der Waals surface area contributed by atoms with Crippen LogP contribution >= 0.6 is 22.9 Å². The summed E-state index contributed by atoms with van der Waals surface area (Å²) in [6.07, 6.45) is 1.83. The maximum atomic E-state index is 12.8. The molecule has 3 heterocycles. The fraction of sp³-hybridized carbons (Fsp3) is 0.278. The molecule has 0 radical (unpaired) electrons. The van der Waals surface area contributed by atoms with Crippen LogP contribution in [0.5, 0.6) is 0 Å². The molecule has 3 aromatic rings. The second-order valence-corrected chi connectivity index (χ2v) is 7.35. The van der Waals surface area contributed by atoms with Crippen molar-refractivity contribution < 1.29 is 9.21 Å². The van der Waals surface area contributed by atoms with E-state index in [1.807, 2.05) is 34.5 Å². The molecule has 2 aromatic heterocycles. The first-order valence-corrected chi connectivity index (χ1v) is 9.39. The third-order valence-electron chi connectivity index (χ3n) is 4.33. The highest BCUT2D eigenvalue weighted by Gasteiger charge is 2.29. The van der Waals surface area contributed by atoms with Crippen LogP contribution in [0, 0.1) is 0 Å². The minimum absolute atomic E-state index is 0.0479. The Bertz CT molecular complexity index is 878. The Labute approximate surface area is 154 Å². The number of nitrogens with zero attached hydrogens (tertiary/aromatic N) is 3. The topological polar surface area (TPSA) is 59.2 Å². The lowest BCUT2D eigenvalue weighted by atomic mass is 9.97. The third kappa shape index (κ3) is 3.32. The maximum Gasteiger partial charge on any atom is 0.257 e. The number of aromatic nitrogens is 2. The zero-order valence-corrected chi connectivity index (χ0v) is 15.0. The van der Waals surface area contributed by atoms with Crippen molar-refractivity contribution in [2.24, 2.45) is 0 Å². The van der Waals surface area contributed by atoms with E-state index < -0.39 is 0 Å². The van der Waals surface area contributed by atoms with E-state index in [1.54, 1.807) is 23.5 Å². The smallest absolute Gasteiger partial charge is 0.257 e. The highest BCUT2D eigenvalue weighted by molar-refractivity contribution is 7.13. The summed E-state index contributed by atoms with van der Waals surface area (Å²) in [5.41, 5.74) is 0.537. The molecule has 25 heavy (non-hydrogen) atoms. The Hall–Kier alpha value is -2.18. The summed E-state index contributed by atoms with van der Waals surface area (Å²) in [6, 6.07) is 11.1. The molecule has 0 spiro atoms. The second-order valence-electron chi connectivity index (χ2n) is 5.99. The van der Waals surface area contributed by atoms with Crippen molar-refractivity contribution in [2.75, 3.05) is 13.1 Å². The monoisotopic (exact) mass is 373 g/mol. The van der Waals surface area contributed by atoms with Crippen molar-refractivity contribution >= 4 is 28.8 Å². The molecule has 1 aliphatic heterocycles. The van der Waals surface area contributed by atoms with Crippen LogP contribution in [0.1, 0.15) is 35.0 Å². The molecule has 4 rings (SSSR count). The van der Waals surface area contributed by atoms with Gasteiger partial charge in [-0.15, -0.1) is 21.5 Å². The molecule has 1 atom stereocenters. The van der Waals surface area contributed by atoms with Gasteiger partial charge < -0.3 is 9.32 Å². The normalized spacial score (nSPS) is 17.6. The van der Waals surface area contributed by atoms with E-state index in [0.29, 0.717) is 35.5 Å². The molecule has 0 saturated carbocycles. The van der Waals surface area contributed by atoms with Gasteiger partial charge in [-0.2, -0.15) is 0 Å². The Morgan fingerprint density at radius 2 is 2.12 bits per heavy atom. The molecule has 0 N–H and O–H groups in total. The predicted molar refractivity (Wildman–Crippen MR) is 96.9 cm³/mol. The first-order valence-electron chi connectivity index (χ1n) is 8.13. The second kappa shape index (κ2) is 6.98. The summed E-state index contributed by atoms with van der Waals surface area (Å²) in [6.45, 7) is 1.28. The molecule has 1 amide bonds. The van der Waals surface area contributed by atoms with Crippen LogP contribution in [-0.4, -0.2) is 34.1 Å². The van der Waals surface area contributed by atoms with Gasteiger partial charge in [0, 0.05) is 13.1 Å². The van der Waals surface area contributed by atoms with Crippen molar-refractivity contribution in [1.82, 2.24) is 15.1 Å². The van der Waals surface area contributed by atoms with Gasteiger partial charge in [0.1, 0.15) is 0 Å². The fourth-order valence-corrected chi connectivity index (χ4v) is 3.93. The van der Waals surface area contributed by atoms with E-state index in [-0.39, 0.29) is 11.8 Å². The minimum Gasteiger partial charge on any atom is -0.420 e. The first-order chi connectivity index (χ1) is 12.2. The number of piperidine rings is 1. The molecule has 1 saturated heterocycles. The summed E-state index contributed by atoms with van der Waals surface area (Å²) in [5, 5.41) is 10.8. The van der Waals surface area contributed by atoms with E-state index in [2.05, 4.69) is 10.2 Å². The standard InChI is InChI=1S/C18H16ClN3O2S/c19-14-7-2-1-6-13(14)18(23)22-9-3-5-12(11-22)16-20-21-17(24-16)15-8-4-10-25-15/h1-2,4,6-8,10,12H,3,5,9,11H2. The summed E-state index contributed by atoms with van der Waals surface area (Å²) < 4.78 is 5.85. The Morgan fingerprint density at radius 1 is 1.24 bits per heavy atom. The molecule has 7 heteroatoms. The van der Waals surface area contributed by atoms with Crippen LogP contribution in [0.25, 0.3) is 10.8 Å². The molecular formula is C18H16ClN3O2S. The Morgan fingerprint density at radius 3 is 2.92 bits per heavy atom. The minimum atomic E-state index is -0.0479. The molecule has 1 aliphatic rings. The quantitative estimate of drug-likeness (QED) is 0.679. The number of carbonyl (C=O) groups is 1. The van der Waals surface area contributed by atoms with Crippen molar-refractivity contribution in [3.8, 4) is 10.8 Å². The Kier molecular flexibility index (Phi) is 4.55. The zero-order valence-electron chi connectivity index (χ0n) is 13.4. The number of thiophene rings is 1. The maximum absolute atomic E-state index is 12.8. The van der Waals surface area contributed by atoms with Gasteiger partial charge in [-0.1, -0.05) is 29.8 Å². The van der Waals surface area contributed by atoms with E-state index in [4.69, 9.17) is 16.0 Å². The fourth-order valence-electron chi connectivity index (χ4n) is 3.07. The van der Waals surface area contributed by atoms with E-state index >= 15 is 0 Å². The van der Waals surface area contributed by atoms with Crippen LogP contribution in [-0.2, 0) is 0 Å². The van der Waals surface area contributed by atoms with Gasteiger partial charge in [-0.25, -0.2) is 0 Å². The lowest BCUT2D eigenvalue weighted by Crippen LogP contribution is -2.39. The van der Waals surface area contributed by atoms with Crippen molar-refractivity contribution in [3.05, 3.63) is 58.3 Å². The van der Waals surface area contributed by atoms with Gasteiger partial charge in [0.2, 0.25) is 5.89 Å². The average molecular weight is 374 g/mol. The molecule has 1 fully saturated rings. The highest BCUT2D eigenvalue weighted by Crippen LogP contribution is 2.31. The largest absolute Gasteiger partial charge is 0.420 e. The molecule has 0 bridgehead atoms. The lowest BCUT2D eigenvalue weighted by Gasteiger charge is -2.31. The van der Waals surface area contributed by atoms with Crippen LogP contribution in [0.15, 0.2) is 46.2 Å². The van der Waals surface area contributed by atoms with Crippen molar-refractivity contribution in [2.45, 2.75) is 18.8 Å². The molecule has 0 aliphatic carbocycles. The number of amides is 1.